The zero-order chi connectivity index (χ0) is 14.4. The van der Waals surface area contributed by atoms with Crippen LogP contribution < -0.4 is 10.6 Å². The molecule has 4 nitrogen and oxygen atoms in total. The van der Waals surface area contributed by atoms with Crippen molar-refractivity contribution in [1.29, 1.82) is 0 Å². The van der Waals surface area contributed by atoms with Crippen LogP contribution in [0.25, 0.3) is 0 Å². The van der Waals surface area contributed by atoms with Crippen molar-refractivity contribution in [2.75, 3.05) is 10.6 Å². The van der Waals surface area contributed by atoms with Crippen molar-refractivity contribution in [1.82, 2.24) is 4.98 Å². The molecule has 0 aliphatic carbocycles. The Morgan fingerprint density at radius 1 is 1.15 bits per heavy atom. The van der Waals surface area contributed by atoms with Crippen molar-refractivity contribution in [2.24, 2.45) is 0 Å². The Labute approximate surface area is 119 Å². The number of carbonyl (C=O) groups is 1. The Morgan fingerprint density at radius 3 is 2.50 bits per heavy atom. The maximum atomic E-state index is 11.3. The van der Waals surface area contributed by atoms with E-state index < -0.39 is 0 Å². The second kappa shape index (κ2) is 6.70. The molecule has 0 unspecified atom stereocenters. The summed E-state index contributed by atoms with van der Waals surface area (Å²) in [4.78, 5) is 15.4. The summed E-state index contributed by atoms with van der Waals surface area (Å²) in [6, 6.07) is 9.70. The number of aryl methyl sites for hydroxylation is 1. The molecule has 0 spiro atoms. The standard InChI is InChI=1S/C16H19N3O/c1-3-16(20)19-15-6-4-14(5-7-15)18-11-13-10-17-9-8-12(13)2/h4-10,18H,3,11H2,1-2H3,(H,19,20). The van der Waals surface area contributed by atoms with Crippen LogP contribution in [0.2, 0.25) is 0 Å². The van der Waals surface area contributed by atoms with E-state index in [0.29, 0.717) is 6.42 Å². The van der Waals surface area contributed by atoms with Gasteiger partial charge in [0.1, 0.15) is 0 Å². The van der Waals surface area contributed by atoms with Crippen molar-refractivity contribution in [3.8, 4) is 0 Å². The van der Waals surface area contributed by atoms with E-state index >= 15 is 0 Å². The van der Waals surface area contributed by atoms with Gasteiger partial charge in [0.15, 0.2) is 0 Å². The van der Waals surface area contributed by atoms with Gasteiger partial charge in [0.25, 0.3) is 0 Å². The fourth-order valence-corrected chi connectivity index (χ4v) is 1.80. The predicted molar refractivity (Wildman–Crippen MR) is 81.7 cm³/mol. The number of aromatic nitrogens is 1. The van der Waals surface area contributed by atoms with Crippen molar-refractivity contribution in [2.45, 2.75) is 26.8 Å². The van der Waals surface area contributed by atoms with E-state index in [1.807, 2.05) is 43.5 Å². The van der Waals surface area contributed by atoms with Crippen molar-refractivity contribution >= 4 is 17.3 Å². The number of amides is 1. The molecular weight excluding hydrogens is 250 g/mol. The van der Waals surface area contributed by atoms with Gasteiger partial charge in [-0.1, -0.05) is 6.92 Å². The van der Waals surface area contributed by atoms with Gasteiger partial charge < -0.3 is 10.6 Å². The zero-order valence-electron chi connectivity index (χ0n) is 11.8. The molecule has 2 rings (SSSR count). The summed E-state index contributed by atoms with van der Waals surface area (Å²) in [5, 5.41) is 6.17. The van der Waals surface area contributed by atoms with Gasteiger partial charge in [-0.15, -0.1) is 0 Å². The molecule has 0 saturated carbocycles. The van der Waals surface area contributed by atoms with E-state index in [0.717, 1.165) is 17.9 Å². The van der Waals surface area contributed by atoms with E-state index in [1.165, 1.54) is 11.1 Å². The molecule has 0 atom stereocenters. The van der Waals surface area contributed by atoms with Crippen LogP contribution in [0.3, 0.4) is 0 Å². The Balaban J connectivity index is 1.94. The first-order valence-corrected chi connectivity index (χ1v) is 6.72. The maximum absolute atomic E-state index is 11.3. The van der Waals surface area contributed by atoms with E-state index in [-0.39, 0.29) is 5.91 Å². The number of rotatable bonds is 5. The number of pyridine rings is 1. The molecular formula is C16H19N3O. The van der Waals surface area contributed by atoms with Crippen LogP contribution in [0.4, 0.5) is 11.4 Å². The van der Waals surface area contributed by atoms with E-state index in [4.69, 9.17) is 0 Å². The second-order valence-corrected chi connectivity index (χ2v) is 4.63. The molecule has 0 bridgehead atoms. The number of benzene rings is 1. The lowest BCUT2D eigenvalue weighted by Crippen LogP contribution is -2.09. The van der Waals surface area contributed by atoms with Gasteiger partial charge in [0.2, 0.25) is 5.91 Å². The van der Waals surface area contributed by atoms with Crippen LogP contribution >= 0.6 is 0 Å². The van der Waals surface area contributed by atoms with Gasteiger partial charge in [-0.25, -0.2) is 0 Å². The predicted octanol–water partition coefficient (Wildman–Crippen LogP) is 3.35. The topological polar surface area (TPSA) is 54.0 Å². The maximum Gasteiger partial charge on any atom is 0.224 e. The quantitative estimate of drug-likeness (QED) is 0.875. The van der Waals surface area contributed by atoms with E-state index in [9.17, 15) is 4.79 Å². The second-order valence-electron chi connectivity index (χ2n) is 4.63. The first kappa shape index (κ1) is 14.1. The molecule has 4 heteroatoms. The number of nitrogens with one attached hydrogen (secondary N) is 2. The summed E-state index contributed by atoms with van der Waals surface area (Å²) < 4.78 is 0. The fourth-order valence-electron chi connectivity index (χ4n) is 1.80. The van der Waals surface area contributed by atoms with Gasteiger partial charge in [0.05, 0.1) is 0 Å². The molecule has 0 aliphatic heterocycles. The third-order valence-corrected chi connectivity index (χ3v) is 3.12. The molecule has 0 aliphatic rings. The normalized spacial score (nSPS) is 10.1. The first-order chi connectivity index (χ1) is 9.69. The fraction of sp³-hybridized carbons (Fsp3) is 0.250. The highest BCUT2D eigenvalue weighted by atomic mass is 16.1. The average Bonchev–Trinajstić information content (AvgIpc) is 2.48. The van der Waals surface area contributed by atoms with Gasteiger partial charge in [0, 0.05) is 36.7 Å². The van der Waals surface area contributed by atoms with Crippen LogP contribution in [0, 0.1) is 6.92 Å². The van der Waals surface area contributed by atoms with Crippen LogP contribution in [0.5, 0.6) is 0 Å². The van der Waals surface area contributed by atoms with Crippen LogP contribution in [-0.2, 0) is 11.3 Å². The summed E-state index contributed by atoms with van der Waals surface area (Å²) in [6.07, 6.45) is 4.16. The Bertz CT molecular complexity index is 579. The molecule has 0 saturated heterocycles. The van der Waals surface area contributed by atoms with E-state index in [2.05, 4.69) is 22.5 Å². The monoisotopic (exact) mass is 269 g/mol. The van der Waals surface area contributed by atoms with Gasteiger partial charge in [-0.2, -0.15) is 0 Å². The van der Waals surface area contributed by atoms with Gasteiger partial charge >= 0.3 is 0 Å². The van der Waals surface area contributed by atoms with Crippen LogP contribution in [-0.4, -0.2) is 10.9 Å². The molecule has 1 amide bonds. The summed E-state index contributed by atoms with van der Waals surface area (Å²) >= 11 is 0. The minimum absolute atomic E-state index is 0.0247. The third-order valence-electron chi connectivity index (χ3n) is 3.12. The number of carbonyl (C=O) groups excluding carboxylic acids is 1. The molecule has 20 heavy (non-hydrogen) atoms. The lowest BCUT2D eigenvalue weighted by atomic mass is 10.1. The highest BCUT2D eigenvalue weighted by molar-refractivity contribution is 5.90. The molecule has 0 radical (unpaired) electrons. The lowest BCUT2D eigenvalue weighted by molar-refractivity contribution is -0.115. The molecule has 104 valence electrons. The number of nitrogens with zero attached hydrogens (tertiary/aromatic N) is 1. The van der Waals surface area contributed by atoms with Crippen molar-refractivity contribution < 1.29 is 4.79 Å². The largest absolute Gasteiger partial charge is 0.381 e. The van der Waals surface area contributed by atoms with Crippen molar-refractivity contribution in [3.63, 3.8) is 0 Å². The summed E-state index contributed by atoms with van der Waals surface area (Å²) in [5.41, 5.74) is 4.23. The highest BCUT2D eigenvalue weighted by Crippen LogP contribution is 2.15. The molecule has 1 heterocycles. The van der Waals surface area contributed by atoms with Gasteiger partial charge in [-0.05, 0) is 48.4 Å². The number of anilines is 2. The highest BCUT2D eigenvalue weighted by Gasteiger charge is 2.00. The molecule has 2 aromatic rings. The Kier molecular flexibility index (Phi) is 4.71. The summed E-state index contributed by atoms with van der Waals surface area (Å²) in [7, 11) is 0. The summed E-state index contributed by atoms with van der Waals surface area (Å²) in [6.45, 7) is 4.64. The van der Waals surface area contributed by atoms with Crippen LogP contribution in [0.1, 0.15) is 24.5 Å². The zero-order valence-corrected chi connectivity index (χ0v) is 11.8. The molecule has 2 N–H and O–H groups in total. The lowest BCUT2D eigenvalue weighted by Gasteiger charge is -2.09. The number of hydrogen-bond donors (Lipinski definition) is 2. The Morgan fingerprint density at radius 2 is 1.85 bits per heavy atom. The number of hydrogen-bond acceptors (Lipinski definition) is 3. The van der Waals surface area contributed by atoms with Crippen LogP contribution in [0.15, 0.2) is 42.7 Å². The Hall–Kier alpha value is -2.36. The van der Waals surface area contributed by atoms with Crippen molar-refractivity contribution in [3.05, 3.63) is 53.9 Å². The average molecular weight is 269 g/mol. The SMILES string of the molecule is CCC(=O)Nc1ccc(NCc2cnccc2C)cc1. The van der Waals surface area contributed by atoms with Gasteiger partial charge in [-0.3, -0.25) is 9.78 Å². The first-order valence-electron chi connectivity index (χ1n) is 6.72. The molecule has 1 aromatic carbocycles. The third kappa shape index (κ3) is 3.82. The van der Waals surface area contributed by atoms with E-state index in [1.54, 1.807) is 6.20 Å². The molecule has 1 aromatic heterocycles. The summed E-state index contributed by atoms with van der Waals surface area (Å²) in [5.74, 6) is 0.0247. The smallest absolute Gasteiger partial charge is 0.224 e. The minimum Gasteiger partial charge on any atom is -0.381 e. The molecule has 0 fully saturated rings. The minimum atomic E-state index is 0.0247.